The predicted octanol–water partition coefficient (Wildman–Crippen LogP) is 1.70. The van der Waals surface area contributed by atoms with Crippen LogP contribution in [0.5, 0.6) is 0 Å². The molecule has 2 aliphatic carbocycles. The summed E-state index contributed by atoms with van der Waals surface area (Å²) in [5.41, 5.74) is 2.56. The molecule has 2 aromatic rings. The van der Waals surface area contributed by atoms with E-state index in [0.717, 1.165) is 55.1 Å². The van der Waals surface area contributed by atoms with E-state index >= 15 is 0 Å². The number of carbonyl (C=O) groups excluding carboxylic acids is 1. The molecule has 1 atom stereocenters. The lowest BCUT2D eigenvalue weighted by molar-refractivity contribution is 0.0924. The van der Waals surface area contributed by atoms with Crippen molar-refractivity contribution >= 4 is 11.9 Å². The van der Waals surface area contributed by atoms with Crippen molar-refractivity contribution in [3.63, 3.8) is 0 Å². The maximum Gasteiger partial charge on any atom is 0.273 e. The highest BCUT2D eigenvalue weighted by Gasteiger charge is 2.29. The third-order valence-corrected chi connectivity index (χ3v) is 4.61. The second-order valence-electron chi connectivity index (χ2n) is 6.84. The van der Waals surface area contributed by atoms with Gasteiger partial charge in [0.25, 0.3) is 5.91 Å². The number of hydrogen-bond donors (Lipinski definition) is 1. The Hall–Kier alpha value is -2.44. The standard InChI is InChI=1S/C17H21N5O2/c1-22(2)17-18-9-11-7-12(5-6-13(11)20-17)19-16(23)14-8-15(24-21-14)10-3-4-10/h8-10,12H,3-7H2,1-2H3,(H,19,23). The summed E-state index contributed by atoms with van der Waals surface area (Å²) in [7, 11) is 3.86. The van der Waals surface area contributed by atoms with Crippen molar-refractivity contribution in [1.82, 2.24) is 20.4 Å². The van der Waals surface area contributed by atoms with Gasteiger partial charge in [0.05, 0.1) is 0 Å². The Morgan fingerprint density at radius 3 is 2.92 bits per heavy atom. The monoisotopic (exact) mass is 327 g/mol. The Kier molecular flexibility index (Phi) is 3.70. The van der Waals surface area contributed by atoms with Crippen LogP contribution >= 0.6 is 0 Å². The van der Waals surface area contributed by atoms with Gasteiger partial charge >= 0.3 is 0 Å². The van der Waals surface area contributed by atoms with Crippen molar-refractivity contribution in [2.75, 3.05) is 19.0 Å². The topological polar surface area (TPSA) is 84.2 Å². The van der Waals surface area contributed by atoms with Crippen molar-refractivity contribution in [1.29, 1.82) is 0 Å². The second kappa shape index (κ2) is 5.89. The summed E-state index contributed by atoms with van der Waals surface area (Å²) in [6.45, 7) is 0. The average molecular weight is 327 g/mol. The minimum atomic E-state index is -0.162. The third kappa shape index (κ3) is 2.98. The SMILES string of the molecule is CN(C)c1ncc2c(n1)CCC(NC(=O)c1cc(C3CC3)on1)C2. The van der Waals surface area contributed by atoms with Gasteiger partial charge in [-0.05, 0) is 37.7 Å². The van der Waals surface area contributed by atoms with Crippen LogP contribution in [0.2, 0.25) is 0 Å². The summed E-state index contributed by atoms with van der Waals surface area (Å²) in [6.07, 6.45) is 6.60. The Labute approximate surface area is 140 Å². The summed E-state index contributed by atoms with van der Waals surface area (Å²) in [5.74, 6) is 1.86. The number of rotatable bonds is 4. The number of carbonyl (C=O) groups is 1. The zero-order valence-corrected chi connectivity index (χ0v) is 14.0. The van der Waals surface area contributed by atoms with Gasteiger partial charge in [0, 0.05) is 44.0 Å². The summed E-state index contributed by atoms with van der Waals surface area (Å²) >= 11 is 0. The molecule has 7 heteroatoms. The maximum absolute atomic E-state index is 12.4. The quantitative estimate of drug-likeness (QED) is 0.920. The summed E-state index contributed by atoms with van der Waals surface area (Å²) in [6, 6.07) is 1.86. The van der Waals surface area contributed by atoms with Gasteiger partial charge < -0.3 is 14.7 Å². The van der Waals surface area contributed by atoms with E-state index in [0.29, 0.717) is 11.6 Å². The van der Waals surface area contributed by atoms with Crippen molar-refractivity contribution in [2.24, 2.45) is 0 Å². The van der Waals surface area contributed by atoms with Crippen molar-refractivity contribution in [3.8, 4) is 0 Å². The van der Waals surface area contributed by atoms with Crippen LogP contribution in [0.15, 0.2) is 16.8 Å². The predicted molar refractivity (Wildman–Crippen MR) is 88.1 cm³/mol. The fourth-order valence-corrected chi connectivity index (χ4v) is 3.05. The van der Waals surface area contributed by atoms with Gasteiger partial charge in [-0.1, -0.05) is 5.16 Å². The van der Waals surface area contributed by atoms with Gasteiger partial charge in [-0.25, -0.2) is 9.97 Å². The van der Waals surface area contributed by atoms with Crippen LogP contribution in [-0.2, 0) is 12.8 Å². The highest BCUT2D eigenvalue weighted by molar-refractivity contribution is 5.92. The van der Waals surface area contributed by atoms with Crippen molar-refractivity contribution in [3.05, 3.63) is 35.0 Å². The molecule has 0 radical (unpaired) electrons. The summed E-state index contributed by atoms with van der Waals surface area (Å²) in [5, 5.41) is 6.96. The number of amides is 1. The molecule has 24 heavy (non-hydrogen) atoms. The molecule has 126 valence electrons. The largest absolute Gasteiger partial charge is 0.360 e. The highest BCUT2D eigenvalue weighted by Crippen LogP contribution is 2.40. The van der Waals surface area contributed by atoms with Gasteiger partial charge in [0.15, 0.2) is 5.69 Å². The van der Waals surface area contributed by atoms with Crippen molar-refractivity contribution in [2.45, 2.75) is 44.1 Å². The molecule has 0 spiro atoms. The number of anilines is 1. The molecule has 0 aliphatic heterocycles. The lowest BCUT2D eigenvalue weighted by atomic mass is 9.93. The lowest BCUT2D eigenvalue weighted by Crippen LogP contribution is -2.39. The molecule has 4 rings (SSSR count). The molecule has 0 bridgehead atoms. The van der Waals surface area contributed by atoms with Gasteiger partial charge in [-0.2, -0.15) is 0 Å². The first kappa shape index (κ1) is 15.1. The molecule has 1 saturated carbocycles. The number of aromatic nitrogens is 3. The Morgan fingerprint density at radius 1 is 1.33 bits per heavy atom. The molecular formula is C17H21N5O2. The smallest absolute Gasteiger partial charge is 0.273 e. The fourth-order valence-electron chi connectivity index (χ4n) is 3.05. The minimum absolute atomic E-state index is 0.0832. The second-order valence-corrected chi connectivity index (χ2v) is 6.84. The summed E-state index contributed by atoms with van der Waals surface area (Å²) in [4.78, 5) is 23.2. The van der Waals surface area contributed by atoms with E-state index in [1.165, 1.54) is 0 Å². The van der Waals surface area contributed by atoms with Crippen LogP contribution in [0.4, 0.5) is 5.95 Å². The number of hydrogen-bond acceptors (Lipinski definition) is 6. The van der Waals surface area contributed by atoms with Crippen LogP contribution in [0.1, 0.15) is 52.7 Å². The molecule has 2 heterocycles. The Bertz CT molecular complexity index is 766. The van der Waals surface area contributed by atoms with E-state index in [9.17, 15) is 4.79 Å². The summed E-state index contributed by atoms with van der Waals surface area (Å²) < 4.78 is 5.26. The number of nitrogens with zero attached hydrogens (tertiary/aromatic N) is 4. The van der Waals surface area contributed by atoms with Crippen LogP contribution < -0.4 is 10.2 Å². The van der Waals surface area contributed by atoms with Crippen LogP contribution in [0, 0.1) is 0 Å². The molecule has 1 N–H and O–H groups in total. The molecule has 2 aliphatic rings. The van der Waals surface area contributed by atoms with Gasteiger partial charge in [-0.3, -0.25) is 4.79 Å². The van der Waals surface area contributed by atoms with Gasteiger partial charge in [0.2, 0.25) is 5.95 Å². The van der Waals surface area contributed by atoms with Gasteiger partial charge in [0.1, 0.15) is 5.76 Å². The molecular weight excluding hydrogens is 306 g/mol. The van der Waals surface area contributed by atoms with E-state index in [1.807, 2.05) is 25.2 Å². The zero-order chi connectivity index (χ0) is 16.7. The third-order valence-electron chi connectivity index (χ3n) is 4.61. The number of fused-ring (bicyclic) bond motifs is 1. The van der Waals surface area contributed by atoms with Crippen LogP contribution in [0.25, 0.3) is 0 Å². The molecule has 0 aromatic carbocycles. The normalized spacial score (nSPS) is 19.7. The Balaban J connectivity index is 1.41. The highest BCUT2D eigenvalue weighted by atomic mass is 16.5. The molecule has 0 saturated heterocycles. The first-order valence-electron chi connectivity index (χ1n) is 8.39. The van der Waals surface area contributed by atoms with Crippen LogP contribution in [0.3, 0.4) is 0 Å². The molecule has 1 unspecified atom stereocenters. The van der Waals surface area contributed by atoms with Crippen molar-refractivity contribution < 1.29 is 9.32 Å². The lowest BCUT2D eigenvalue weighted by Gasteiger charge is -2.25. The van der Waals surface area contributed by atoms with E-state index < -0.39 is 0 Å². The van der Waals surface area contributed by atoms with Gasteiger partial charge in [-0.15, -0.1) is 0 Å². The minimum Gasteiger partial charge on any atom is -0.360 e. The van der Waals surface area contributed by atoms with E-state index in [-0.39, 0.29) is 11.9 Å². The number of nitrogens with one attached hydrogen (secondary N) is 1. The van der Waals surface area contributed by atoms with E-state index in [2.05, 4.69) is 20.4 Å². The molecule has 1 amide bonds. The fraction of sp³-hybridized carbons (Fsp3) is 0.529. The van der Waals surface area contributed by atoms with Crippen LogP contribution in [-0.4, -0.2) is 41.2 Å². The Morgan fingerprint density at radius 2 is 2.17 bits per heavy atom. The molecule has 7 nitrogen and oxygen atoms in total. The molecule has 1 fully saturated rings. The average Bonchev–Trinajstić information content (AvgIpc) is 3.31. The first-order valence-corrected chi connectivity index (χ1v) is 8.39. The van der Waals surface area contributed by atoms with E-state index in [4.69, 9.17) is 4.52 Å². The molecule has 2 aromatic heterocycles. The number of aryl methyl sites for hydroxylation is 1. The van der Waals surface area contributed by atoms with E-state index in [1.54, 1.807) is 6.07 Å². The zero-order valence-electron chi connectivity index (χ0n) is 14.0. The first-order chi connectivity index (χ1) is 11.6. The maximum atomic E-state index is 12.4.